The molecule has 2 N–H and O–H groups in total. The fourth-order valence-corrected chi connectivity index (χ4v) is 5.51. The van der Waals surface area contributed by atoms with Gasteiger partial charge in [0.15, 0.2) is 0 Å². The molecule has 0 aliphatic heterocycles. The Morgan fingerprint density at radius 3 is 0.929 bits per heavy atom. The van der Waals surface area contributed by atoms with Gasteiger partial charge in [-0.15, -0.1) is 0 Å². The molecule has 0 aliphatic rings. The van der Waals surface area contributed by atoms with Crippen molar-refractivity contribution in [2.75, 3.05) is 9.44 Å². The van der Waals surface area contributed by atoms with Crippen molar-refractivity contribution in [2.45, 2.75) is 34.5 Å². The average molecular weight is 660 g/mol. The molecule has 42 heavy (non-hydrogen) atoms. The first-order chi connectivity index (χ1) is 18.8. The van der Waals surface area contributed by atoms with Crippen molar-refractivity contribution >= 4 is 31.4 Å². The molecule has 3 rings (SSSR count). The minimum Gasteiger partial charge on any atom is -0.280 e. The summed E-state index contributed by atoms with van der Waals surface area (Å²) < 4.78 is 211. The Morgan fingerprint density at radius 2 is 0.690 bits per heavy atom. The molecule has 0 bridgehead atoms. The van der Waals surface area contributed by atoms with Crippen molar-refractivity contribution in [1.29, 1.82) is 0 Å². The molecule has 0 amide bonds. The van der Waals surface area contributed by atoms with Crippen LogP contribution in [0.25, 0.3) is 0 Å². The van der Waals surface area contributed by atoms with Crippen molar-refractivity contribution in [3.05, 3.63) is 82.9 Å². The van der Waals surface area contributed by atoms with Crippen LogP contribution in [0.1, 0.15) is 22.3 Å². The fraction of sp³-hybridized carbons (Fsp3) is 0.182. The third-order valence-electron chi connectivity index (χ3n) is 5.11. The van der Waals surface area contributed by atoms with E-state index in [4.69, 9.17) is 0 Å². The zero-order valence-corrected chi connectivity index (χ0v) is 21.4. The van der Waals surface area contributed by atoms with Gasteiger partial charge < -0.3 is 0 Å². The lowest BCUT2D eigenvalue weighted by molar-refractivity contribution is -0.144. The second-order valence-electron chi connectivity index (χ2n) is 8.27. The molecule has 0 atom stereocenters. The lowest BCUT2D eigenvalue weighted by Gasteiger charge is -2.16. The fourth-order valence-electron chi connectivity index (χ4n) is 3.26. The molecule has 0 aromatic heterocycles. The van der Waals surface area contributed by atoms with Crippen molar-refractivity contribution in [2.24, 2.45) is 0 Å². The van der Waals surface area contributed by atoms with Gasteiger partial charge in [-0.3, -0.25) is 9.44 Å². The predicted octanol–water partition coefficient (Wildman–Crippen LogP) is 7.36. The SMILES string of the molecule is O=S(=O)(Nc1cc(C(F)(F)F)cc(C(F)(F)F)c1)c1cccc(S(=O)(=O)Nc2cc(C(F)(F)F)cc(C(F)(F)F)c2)c1. The maximum atomic E-state index is 13.1. The molecular formula is C22H12F12N2O4S2. The molecule has 0 saturated carbocycles. The van der Waals surface area contributed by atoms with E-state index < -0.39 is 88.2 Å². The van der Waals surface area contributed by atoms with Crippen LogP contribution in [0.2, 0.25) is 0 Å². The second-order valence-corrected chi connectivity index (χ2v) is 11.6. The van der Waals surface area contributed by atoms with Crippen molar-refractivity contribution in [1.82, 2.24) is 0 Å². The van der Waals surface area contributed by atoms with Crippen molar-refractivity contribution < 1.29 is 69.5 Å². The van der Waals surface area contributed by atoms with Gasteiger partial charge in [-0.1, -0.05) is 6.07 Å². The number of hydrogen-bond acceptors (Lipinski definition) is 4. The molecule has 3 aromatic rings. The summed E-state index contributed by atoms with van der Waals surface area (Å²) in [7, 11) is -10.2. The van der Waals surface area contributed by atoms with Gasteiger partial charge in [0.2, 0.25) is 0 Å². The summed E-state index contributed by atoms with van der Waals surface area (Å²) in [5.74, 6) is 0. The third-order valence-corrected chi connectivity index (χ3v) is 7.86. The largest absolute Gasteiger partial charge is 0.416 e. The van der Waals surface area contributed by atoms with Crippen LogP contribution in [-0.4, -0.2) is 16.8 Å². The summed E-state index contributed by atoms with van der Waals surface area (Å²) in [6.07, 6.45) is -21.3. The Labute approximate surface area is 228 Å². The first-order valence-electron chi connectivity index (χ1n) is 10.5. The van der Waals surface area contributed by atoms with E-state index in [1.807, 2.05) is 0 Å². The Balaban J connectivity index is 2.02. The molecule has 0 unspecified atom stereocenters. The zero-order valence-electron chi connectivity index (χ0n) is 19.8. The van der Waals surface area contributed by atoms with Gasteiger partial charge in [-0.25, -0.2) is 16.8 Å². The number of hydrogen-bond donors (Lipinski definition) is 2. The van der Waals surface area contributed by atoms with E-state index in [1.54, 1.807) is 0 Å². The zero-order chi connectivity index (χ0) is 32.1. The lowest BCUT2D eigenvalue weighted by atomic mass is 10.1. The highest BCUT2D eigenvalue weighted by molar-refractivity contribution is 7.93. The molecule has 230 valence electrons. The maximum Gasteiger partial charge on any atom is 0.416 e. The number of alkyl halides is 12. The molecule has 0 spiro atoms. The molecular weight excluding hydrogens is 648 g/mol. The molecule has 20 heteroatoms. The number of rotatable bonds is 6. The smallest absolute Gasteiger partial charge is 0.280 e. The van der Waals surface area contributed by atoms with Crippen LogP contribution >= 0.6 is 0 Å². The summed E-state index contributed by atoms with van der Waals surface area (Å²) >= 11 is 0. The monoisotopic (exact) mass is 660 g/mol. The van der Waals surface area contributed by atoms with Crippen LogP contribution in [-0.2, 0) is 44.8 Å². The summed E-state index contributed by atoms with van der Waals surface area (Å²) in [6.45, 7) is 0. The Kier molecular flexibility index (Phi) is 8.24. The molecule has 0 radical (unpaired) electrons. The number of nitrogens with one attached hydrogen (secondary N) is 2. The summed E-state index contributed by atoms with van der Waals surface area (Å²) in [4.78, 5) is -2.12. The highest BCUT2D eigenvalue weighted by atomic mass is 32.2. The van der Waals surface area contributed by atoms with Crippen LogP contribution in [0.5, 0.6) is 0 Å². The van der Waals surface area contributed by atoms with E-state index in [-0.39, 0.29) is 36.4 Å². The quantitative estimate of drug-likeness (QED) is 0.271. The molecule has 0 aliphatic carbocycles. The van der Waals surface area contributed by atoms with Gasteiger partial charge in [0, 0.05) is 0 Å². The Bertz CT molecular complexity index is 1520. The van der Waals surface area contributed by atoms with Gasteiger partial charge in [0.1, 0.15) is 0 Å². The van der Waals surface area contributed by atoms with Crippen LogP contribution in [0.3, 0.4) is 0 Å². The van der Waals surface area contributed by atoms with Gasteiger partial charge in [0.25, 0.3) is 20.0 Å². The first kappa shape index (κ1) is 32.8. The van der Waals surface area contributed by atoms with Crippen LogP contribution in [0, 0.1) is 0 Å². The van der Waals surface area contributed by atoms with Crippen LogP contribution < -0.4 is 9.44 Å². The highest BCUT2D eigenvalue weighted by Crippen LogP contribution is 2.39. The minimum absolute atomic E-state index is 0.0286. The van der Waals surface area contributed by atoms with E-state index in [2.05, 4.69) is 0 Å². The van der Waals surface area contributed by atoms with Gasteiger partial charge in [-0.2, -0.15) is 52.7 Å². The minimum atomic E-state index is -5.34. The average Bonchev–Trinajstić information content (AvgIpc) is 2.81. The molecule has 3 aromatic carbocycles. The first-order valence-corrected chi connectivity index (χ1v) is 13.5. The summed E-state index contributed by atoms with van der Waals surface area (Å²) in [5, 5.41) is 0. The topological polar surface area (TPSA) is 92.3 Å². The molecule has 0 fully saturated rings. The number of benzene rings is 3. The van der Waals surface area contributed by atoms with E-state index in [0.717, 1.165) is 6.07 Å². The predicted molar refractivity (Wildman–Crippen MR) is 121 cm³/mol. The molecule has 0 heterocycles. The lowest BCUT2D eigenvalue weighted by Crippen LogP contribution is -2.18. The van der Waals surface area contributed by atoms with Crippen LogP contribution in [0.15, 0.2) is 70.5 Å². The standard InChI is InChI=1S/C22H12F12N2O4S2/c23-19(24,25)11-4-12(20(26,27)28)7-15(6-11)35-41(37,38)17-2-1-3-18(10-17)42(39,40)36-16-8-13(21(29,30)31)5-14(9-16)22(32,33)34/h1-10,35-36H. The van der Waals surface area contributed by atoms with Crippen molar-refractivity contribution in [3.63, 3.8) is 0 Å². The van der Waals surface area contributed by atoms with Gasteiger partial charge in [-0.05, 0) is 54.6 Å². The van der Waals surface area contributed by atoms with Gasteiger partial charge >= 0.3 is 24.7 Å². The second kappa shape index (κ2) is 10.5. The van der Waals surface area contributed by atoms with E-state index in [9.17, 15) is 69.5 Å². The Morgan fingerprint density at radius 1 is 0.429 bits per heavy atom. The molecule has 6 nitrogen and oxygen atoms in total. The molecule has 0 saturated heterocycles. The summed E-state index contributed by atoms with van der Waals surface area (Å²) in [5.41, 5.74) is -9.95. The van der Waals surface area contributed by atoms with E-state index in [1.165, 1.54) is 9.44 Å². The third kappa shape index (κ3) is 7.78. The van der Waals surface area contributed by atoms with E-state index in [0.29, 0.717) is 18.2 Å². The van der Waals surface area contributed by atoms with Crippen LogP contribution in [0.4, 0.5) is 64.1 Å². The van der Waals surface area contributed by atoms with Crippen molar-refractivity contribution in [3.8, 4) is 0 Å². The number of halogens is 12. The normalized spacial score (nSPS) is 13.6. The van der Waals surface area contributed by atoms with E-state index >= 15 is 0 Å². The number of anilines is 2. The Hall–Kier alpha value is -3.68. The maximum absolute atomic E-state index is 13.1. The van der Waals surface area contributed by atoms with Gasteiger partial charge in [0.05, 0.1) is 43.4 Å². The summed E-state index contributed by atoms with van der Waals surface area (Å²) in [6, 6.07) is 1.90. The number of sulfonamides is 2. The highest BCUT2D eigenvalue weighted by Gasteiger charge is 2.39.